The van der Waals surface area contributed by atoms with Gasteiger partial charge in [0.05, 0.1) is 5.69 Å². The van der Waals surface area contributed by atoms with Gasteiger partial charge in [0.1, 0.15) is 11.5 Å². The first-order valence-electron chi connectivity index (χ1n) is 10.5. The van der Waals surface area contributed by atoms with Crippen molar-refractivity contribution in [1.29, 1.82) is 0 Å². The lowest BCUT2D eigenvalue weighted by atomic mass is 9.75. The van der Waals surface area contributed by atoms with Crippen molar-refractivity contribution in [2.45, 2.75) is 51.9 Å². The number of hydrogen-bond donors (Lipinski definition) is 0. The quantitative estimate of drug-likeness (QED) is 0.564. The van der Waals surface area contributed by atoms with Crippen molar-refractivity contribution in [3.63, 3.8) is 0 Å². The van der Waals surface area contributed by atoms with Gasteiger partial charge in [0, 0.05) is 51.1 Å². The number of likely N-dealkylation sites (tertiary alicyclic amines) is 1. The second kappa shape index (κ2) is 8.66. The zero-order valence-corrected chi connectivity index (χ0v) is 18.4. The first-order valence-corrected chi connectivity index (χ1v) is 10.5. The van der Waals surface area contributed by atoms with E-state index in [-0.39, 0.29) is 11.3 Å². The van der Waals surface area contributed by atoms with Crippen LogP contribution in [0.15, 0.2) is 25.6 Å². The second-order valence-corrected chi connectivity index (χ2v) is 8.20. The third kappa shape index (κ3) is 4.27. The molecular formula is C22H28N4O5. The molecule has 3 aromatic rings. The van der Waals surface area contributed by atoms with Crippen molar-refractivity contribution < 1.29 is 23.0 Å². The van der Waals surface area contributed by atoms with Gasteiger partial charge in [-0.1, -0.05) is 10.3 Å². The van der Waals surface area contributed by atoms with E-state index >= 15 is 0 Å². The Morgan fingerprint density at radius 3 is 2.55 bits per heavy atom. The average Bonchev–Trinajstić information content (AvgIpc) is 3.50. The molecular weight excluding hydrogens is 400 g/mol. The molecule has 4 rings (SSSR count). The van der Waals surface area contributed by atoms with Crippen LogP contribution in [0.3, 0.4) is 0 Å². The molecule has 0 N–H and O–H groups in total. The Morgan fingerprint density at radius 2 is 1.94 bits per heavy atom. The number of hydrogen-bond acceptors (Lipinski definition) is 8. The van der Waals surface area contributed by atoms with E-state index in [1.54, 1.807) is 20.1 Å². The zero-order valence-electron chi connectivity index (χ0n) is 18.4. The maximum Gasteiger partial charge on any atom is 0.289 e. The van der Waals surface area contributed by atoms with Gasteiger partial charge in [-0.15, -0.1) is 0 Å². The highest BCUT2D eigenvalue weighted by Crippen LogP contribution is 2.37. The van der Waals surface area contributed by atoms with Crippen molar-refractivity contribution >= 4 is 5.91 Å². The van der Waals surface area contributed by atoms with Crippen molar-refractivity contribution in [2.24, 2.45) is 0 Å². The number of nitrogens with zero attached hydrogens (tertiary/aromatic N) is 4. The van der Waals surface area contributed by atoms with Crippen LogP contribution < -0.4 is 0 Å². The van der Waals surface area contributed by atoms with Gasteiger partial charge in [-0.05, 0) is 45.2 Å². The SMILES string of the molecule is COCCC1(c2noc(C)n2)CCN(C(=O)c2ccc(Cc3c(C)noc3C)o2)CC1. The van der Waals surface area contributed by atoms with Crippen LogP contribution in [-0.2, 0) is 16.6 Å². The molecule has 0 atom stereocenters. The molecule has 9 heteroatoms. The third-order valence-corrected chi connectivity index (χ3v) is 6.20. The van der Waals surface area contributed by atoms with E-state index in [0.717, 1.165) is 36.3 Å². The van der Waals surface area contributed by atoms with Crippen LogP contribution in [0.4, 0.5) is 0 Å². The van der Waals surface area contributed by atoms with Gasteiger partial charge >= 0.3 is 0 Å². The Bertz CT molecular complexity index is 1020. The molecule has 0 spiro atoms. The lowest BCUT2D eigenvalue weighted by Crippen LogP contribution is -2.46. The van der Waals surface area contributed by atoms with E-state index in [9.17, 15) is 4.79 Å². The highest BCUT2D eigenvalue weighted by Gasteiger charge is 2.41. The van der Waals surface area contributed by atoms with Crippen LogP contribution in [0.2, 0.25) is 0 Å². The topological polar surface area (TPSA) is 108 Å². The number of rotatable bonds is 7. The fraction of sp³-hybridized carbons (Fsp3) is 0.545. The van der Waals surface area contributed by atoms with Crippen LogP contribution in [0, 0.1) is 20.8 Å². The summed E-state index contributed by atoms with van der Waals surface area (Å²) >= 11 is 0. The summed E-state index contributed by atoms with van der Waals surface area (Å²) in [7, 11) is 1.69. The molecule has 0 radical (unpaired) electrons. The van der Waals surface area contributed by atoms with E-state index < -0.39 is 0 Å². The normalized spacial score (nSPS) is 16.1. The molecule has 3 aromatic heterocycles. The van der Waals surface area contributed by atoms with Crippen molar-refractivity contribution in [1.82, 2.24) is 20.2 Å². The third-order valence-electron chi connectivity index (χ3n) is 6.20. The summed E-state index contributed by atoms with van der Waals surface area (Å²) in [6.45, 7) is 7.35. The number of methoxy groups -OCH3 is 1. The Labute approximate surface area is 180 Å². The molecule has 9 nitrogen and oxygen atoms in total. The molecule has 0 saturated carbocycles. The molecule has 1 fully saturated rings. The van der Waals surface area contributed by atoms with Gasteiger partial charge in [-0.2, -0.15) is 4.98 Å². The van der Waals surface area contributed by atoms with Crippen LogP contribution in [0.5, 0.6) is 0 Å². The Morgan fingerprint density at radius 1 is 1.16 bits per heavy atom. The average molecular weight is 428 g/mol. The number of carbonyl (C=O) groups excluding carboxylic acids is 1. The zero-order chi connectivity index (χ0) is 22.0. The molecule has 1 saturated heterocycles. The van der Waals surface area contributed by atoms with Crippen LogP contribution >= 0.6 is 0 Å². The van der Waals surface area contributed by atoms with Crippen LogP contribution in [0.25, 0.3) is 0 Å². The minimum absolute atomic E-state index is 0.102. The molecule has 1 amide bonds. The van der Waals surface area contributed by atoms with Crippen molar-refractivity contribution in [3.05, 3.63) is 52.4 Å². The smallest absolute Gasteiger partial charge is 0.289 e. The predicted molar refractivity (Wildman–Crippen MR) is 110 cm³/mol. The van der Waals surface area contributed by atoms with Crippen molar-refractivity contribution in [2.75, 3.05) is 26.8 Å². The monoisotopic (exact) mass is 428 g/mol. The number of ether oxygens (including phenoxy) is 1. The molecule has 166 valence electrons. The van der Waals surface area contributed by atoms with E-state index in [0.29, 0.717) is 49.4 Å². The number of aryl methyl sites for hydroxylation is 3. The summed E-state index contributed by atoms with van der Waals surface area (Å²) in [5, 5.41) is 8.14. The van der Waals surface area contributed by atoms with E-state index in [1.165, 1.54) is 0 Å². The van der Waals surface area contributed by atoms with E-state index in [1.807, 2.05) is 24.8 Å². The van der Waals surface area contributed by atoms with E-state index in [4.69, 9.17) is 18.2 Å². The number of aromatic nitrogens is 3. The summed E-state index contributed by atoms with van der Waals surface area (Å²) in [5.74, 6) is 2.98. The first-order chi connectivity index (χ1) is 14.9. The molecule has 0 aromatic carbocycles. The Hall–Kier alpha value is -2.94. The summed E-state index contributed by atoms with van der Waals surface area (Å²) < 4.78 is 21.6. The van der Waals surface area contributed by atoms with Crippen LogP contribution in [-0.4, -0.2) is 52.9 Å². The van der Waals surface area contributed by atoms with Gasteiger partial charge < -0.3 is 23.1 Å². The maximum atomic E-state index is 13.0. The maximum absolute atomic E-state index is 13.0. The molecule has 31 heavy (non-hydrogen) atoms. The lowest BCUT2D eigenvalue weighted by Gasteiger charge is -2.39. The van der Waals surface area contributed by atoms with Gasteiger partial charge in [0.2, 0.25) is 5.89 Å². The molecule has 1 aliphatic rings. The molecule has 0 unspecified atom stereocenters. The minimum Gasteiger partial charge on any atom is -0.456 e. The Balaban J connectivity index is 1.43. The van der Waals surface area contributed by atoms with Gasteiger partial charge in [-0.3, -0.25) is 4.79 Å². The largest absolute Gasteiger partial charge is 0.456 e. The summed E-state index contributed by atoms with van der Waals surface area (Å²) in [6.07, 6.45) is 2.82. The fourth-order valence-electron chi connectivity index (χ4n) is 4.21. The summed E-state index contributed by atoms with van der Waals surface area (Å²) in [4.78, 5) is 19.3. The van der Waals surface area contributed by atoms with Gasteiger partial charge in [0.15, 0.2) is 11.6 Å². The highest BCUT2D eigenvalue weighted by molar-refractivity contribution is 5.91. The summed E-state index contributed by atoms with van der Waals surface area (Å²) in [6, 6.07) is 3.58. The van der Waals surface area contributed by atoms with E-state index in [2.05, 4.69) is 15.3 Å². The number of amides is 1. The van der Waals surface area contributed by atoms with Gasteiger partial charge in [-0.25, -0.2) is 0 Å². The fourth-order valence-corrected chi connectivity index (χ4v) is 4.21. The Kier molecular flexibility index (Phi) is 5.95. The molecule has 0 aliphatic carbocycles. The minimum atomic E-state index is -0.248. The standard InChI is InChI=1S/C22H28N4O5/c1-14-18(15(2)30-24-14)13-17-5-6-19(29-17)20(27)26-10-7-22(8-11-26,9-12-28-4)21-23-16(3)31-25-21/h5-6H,7-13H2,1-4H3. The lowest BCUT2D eigenvalue weighted by molar-refractivity contribution is 0.0585. The van der Waals surface area contributed by atoms with Gasteiger partial charge in [0.25, 0.3) is 5.91 Å². The van der Waals surface area contributed by atoms with Crippen LogP contribution in [0.1, 0.15) is 64.3 Å². The molecule has 4 heterocycles. The molecule has 0 bridgehead atoms. The second-order valence-electron chi connectivity index (χ2n) is 8.20. The summed E-state index contributed by atoms with van der Waals surface area (Å²) in [5.41, 5.74) is 1.58. The predicted octanol–water partition coefficient (Wildman–Crippen LogP) is 3.38. The first kappa shape index (κ1) is 21.3. The molecule has 1 aliphatic heterocycles. The highest BCUT2D eigenvalue weighted by atomic mass is 16.5. The number of furan rings is 1. The number of piperidine rings is 1. The number of carbonyl (C=O) groups is 1. The van der Waals surface area contributed by atoms with Crippen molar-refractivity contribution in [3.8, 4) is 0 Å².